The molecular formula is C32H31N3O13S. The molecule has 0 bridgehead atoms. The van der Waals surface area contributed by atoms with E-state index in [9.17, 15) is 54.9 Å². The lowest BCUT2D eigenvalue weighted by Gasteiger charge is -2.44. The molecule has 1 fully saturated rings. The Morgan fingerprint density at radius 1 is 1.04 bits per heavy atom. The zero-order valence-electron chi connectivity index (χ0n) is 25.5. The summed E-state index contributed by atoms with van der Waals surface area (Å²) in [5.41, 5.74) is 1.05. The number of carbonyl (C=O) groups excluding carboxylic acids is 1. The van der Waals surface area contributed by atoms with E-state index in [1.165, 1.54) is 48.5 Å². The van der Waals surface area contributed by atoms with E-state index in [1.807, 2.05) is 0 Å². The van der Waals surface area contributed by atoms with Gasteiger partial charge in [-0.3, -0.25) is 9.59 Å². The van der Waals surface area contributed by atoms with Crippen molar-refractivity contribution < 1.29 is 59.3 Å². The van der Waals surface area contributed by atoms with Crippen LogP contribution >= 0.6 is 12.2 Å². The number of fused-ring (bicyclic) bond motifs is 2. The molecule has 2 aliphatic heterocycles. The van der Waals surface area contributed by atoms with E-state index in [0.717, 1.165) is 6.92 Å². The highest BCUT2D eigenvalue weighted by Gasteiger charge is 2.53. The molecule has 5 rings (SSSR count). The number of anilines is 1. The number of carboxylic acids is 2. The molecule has 49 heavy (non-hydrogen) atoms. The molecule has 17 heteroatoms. The summed E-state index contributed by atoms with van der Waals surface area (Å²) >= 11 is 5.28. The van der Waals surface area contributed by atoms with Crippen molar-refractivity contribution in [3.8, 4) is 28.2 Å². The number of aliphatic hydroxyl groups excluding tert-OH is 3. The van der Waals surface area contributed by atoms with Crippen molar-refractivity contribution in [2.24, 2.45) is 0 Å². The Morgan fingerprint density at radius 3 is 2.43 bits per heavy atom. The van der Waals surface area contributed by atoms with E-state index in [1.54, 1.807) is 6.07 Å². The first-order chi connectivity index (χ1) is 23.1. The molecule has 6 atom stereocenters. The largest absolute Gasteiger partial charge is 0.508 e. The molecule has 2 heterocycles. The van der Waals surface area contributed by atoms with E-state index in [2.05, 4.69) is 16.0 Å². The minimum absolute atomic E-state index is 0.102. The van der Waals surface area contributed by atoms with Gasteiger partial charge in [-0.25, -0.2) is 9.59 Å². The number of carboxylic acid groups (broad SMARTS) is 2. The monoisotopic (exact) mass is 697 g/mol. The van der Waals surface area contributed by atoms with Crippen molar-refractivity contribution in [2.75, 3.05) is 11.9 Å². The number of aliphatic hydroxyl groups is 4. The quantitative estimate of drug-likeness (QED) is 0.0838. The number of nitrogens with one attached hydrogen (secondary N) is 3. The summed E-state index contributed by atoms with van der Waals surface area (Å²) < 4.78 is 11.0. The Bertz CT molecular complexity index is 1980. The minimum atomic E-state index is -2.91. The molecule has 2 aromatic rings. The van der Waals surface area contributed by atoms with Crippen LogP contribution in [0.5, 0.6) is 5.75 Å². The standard InChI is InChI=1S/C32H31N3O13S/c1-13(36)34-26-21(39)11-32(46,30(44)45)48-28(26)27(41)22(40)12-33-31(49)35-14-2-5-17(20(8-14)29(42)43)25-18-6-3-15(37)9-23(18)47-24-10-16(38)4-7-19(24)25/h2-10,21-22,26-28,37,39-41,46H,11-12H2,1H3,(H,34,36)(H,42,43)(H,44,45)(H2,33,35,49)/t21-,22+,26+,27+,28?,32-/m0/s1. The van der Waals surface area contributed by atoms with Crippen LogP contribution in [0, 0.1) is 0 Å². The lowest BCUT2D eigenvalue weighted by molar-refractivity contribution is -0.294. The van der Waals surface area contributed by atoms with Crippen LogP contribution in [0.15, 0.2) is 63.8 Å². The number of hydrogen-bond acceptors (Lipinski definition) is 12. The number of aromatic hydroxyl groups is 1. The molecule has 3 aliphatic rings. The van der Waals surface area contributed by atoms with Crippen LogP contribution in [0.2, 0.25) is 0 Å². The Labute approximate surface area is 281 Å². The zero-order chi connectivity index (χ0) is 35.8. The van der Waals surface area contributed by atoms with Gasteiger partial charge in [0.25, 0.3) is 5.79 Å². The van der Waals surface area contributed by atoms with Gasteiger partial charge in [0.15, 0.2) is 10.5 Å². The van der Waals surface area contributed by atoms with E-state index >= 15 is 0 Å². The van der Waals surface area contributed by atoms with Crippen molar-refractivity contribution in [1.29, 1.82) is 0 Å². The predicted molar refractivity (Wildman–Crippen MR) is 175 cm³/mol. The first-order valence-corrected chi connectivity index (χ1v) is 15.1. The SMILES string of the molecule is CC(=O)N[C@H]1C([C@H](O)[C@H](O)CNC(=S)Nc2ccc(-c3c4ccc(=O)cc-4oc4cc(O)ccc34)c(C(=O)O)c2)O[C@](O)(C(=O)O)C[C@@H]1O. The number of aliphatic carboxylic acids is 1. The molecule has 0 saturated carbocycles. The third-order valence-corrected chi connectivity index (χ3v) is 8.19. The summed E-state index contributed by atoms with van der Waals surface area (Å²) in [7, 11) is 0. The summed E-state index contributed by atoms with van der Waals surface area (Å²) in [5, 5.41) is 79.9. The zero-order valence-corrected chi connectivity index (χ0v) is 26.3. The van der Waals surface area contributed by atoms with Crippen LogP contribution in [0.25, 0.3) is 33.4 Å². The third-order valence-electron chi connectivity index (χ3n) is 7.95. The fourth-order valence-electron chi connectivity index (χ4n) is 5.69. The average Bonchev–Trinajstić information content (AvgIpc) is 3.03. The Morgan fingerprint density at radius 2 is 1.76 bits per heavy atom. The second-order valence-electron chi connectivity index (χ2n) is 11.4. The number of thiocarbonyl (C=S) groups is 1. The van der Waals surface area contributed by atoms with Crippen LogP contribution in [0.3, 0.4) is 0 Å². The highest BCUT2D eigenvalue weighted by atomic mass is 32.1. The van der Waals surface area contributed by atoms with Gasteiger partial charge in [0.1, 0.15) is 29.3 Å². The van der Waals surface area contributed by atoms with Crippen molar-refractivity contribution in [1.82, 2.24) is 10.6 Å². The first kappa shape index (κ1) is 35.1. The molecule has 0 radical (unpaired) electrons. The van der Waals surface area contributed by atoms with Gasteiger partial charge in [-0.1, -0.05) is 6.07 Å². The molecule has 1 aliphatic carbocycles. The van der Waals surface area contributed by atoms with Gasteiger partial charge in [-0.15, -0.1) is 0 Å². The number of carbonyl (C=O) groups is 3. The molecule has 1 unspecified atom stereocenters. The number of hydrogen-bond donors (Lipinski definition) is 10. The smallest absolute Gasteiger partial charge is 0.364 e. The lowest BCUT2D eigenvalue weighted by Crippen LogP contribution is -2.67. The van der Waals surface area contributed by atoms with Crippen LogP contribution in [0.1, 0.15) is 23.7 Å². The molecule has 2 aromatic carbocycles. The molecule has 16 nitrogen and oxygen atoms in total. The Hall–Kier alpha value is -5.17. The normalized spacial score (nSPS) is 21.9. The van der Waals surface area contributed by atoms with Gasteiger partial charge < -0.3 is 60.9 Å². The van der Waals surface area contributed by atoms with Crippen molar-refractivity contribution in [2.45, 2.75) is 49.6 Å². The molecule has 258 valence electrons. The fourth-order valence-corrected chi connectivity index (χ4v) is 5.89. The topological polar surface area (TPSA) is 268 Å². The molecule has 10 N–H and O–H groups in total. The number of phenols is 1. The number of phenolic OH excluding ortho intramolecular Hbond substituents is 1. The van der Waals surface area contributed by atoms with Gasteiger partial charge in [0.2, 0.25) is 5.91 Å². The number of ether oxygens (including phenoxy) is 1. The third kappa shape index (κ3) is 7.31. The first-order valence-electron chi connectivity index (χ1n) is 14.6. The summed E-state index contributed by atoms with van der Waals surface area (Å²) in [4.78, 5) is 47.8. The van der Waals surface area contributed by atoms with Crippen LogP contribution in [0.4, 0.5) is 5.69 Å². The van der Waals surface area contributed by atoms with Crippen molar-refractivity contribution in [3.05, 3.63) is 70.4 Å². The lowest BCUT2D eigenvalue weighted by atomic mass is 9.88. The van der Waals surface area contributed by atoms with Crippen LogP contribution < -0.4 is 21.4 Å². The van der Waals surface area contributed by atoms with Crippen molar-refractivity contribution in [3.63, 3.8) is 0 Å². The highest BCUT2D eigenvalue weighted by Crippen LogP contribution is 2.42. The summed E-state index contributed by atoms with van der Waals surface area (Å²) in [6.45, 7) is 0.624. The van der Waals surface area contributed by atoms with Crippen LogP contribution in [-0.2, 0) is 14.3 Å². The number of amides is 1. The Balaban J connectivity index is 1.36. The van der Waals surface area contributed by atoms with E-state index in [-0.39, 0.29) is 44.4 Å². The van der Waals surface area contributed by atoms with Crippen LogP contribution in [-0.4, -0.2) is 101 Å². The Kier molecular flexibility index (Phi) is 9.86. The maximum absolute atomic E-state index is 12.5. The molecule has 1 amide bonds. The molecule has 1 saturated heterocycles. The minimum Gasteiger partial charge on any atom is -0.508 e. The molecular weight excluding hydrogens is 666 g/mol. The second kappa shape index (κ2) is 13.7. The summed E-state index contributed by atoms with van der Waals surface area (Å²) in [5.74, 6) is -6.65. The predicted octanol–water partition coefficient (Wildman–Crippen LogP) is 0.404. The van der Waals surface area contributed by atoms with Gasteiger partial charge in [0.05, 0.1) is 23.8 Å². The van der Waals surface area contributed by atoms with E-state index in [4.69, 9.17) is 21.4 Å². The van der Waals surface area contributed by atoms with Gasteiger partial charge in [-0.2, -0.15) is 0 Å². The number of benzene rings is 3. The number of aromatic carboxylic acids is 1. The van der Waals surface area contributed by atoms with E-state index in [0.29, 0.717) is 16.5 Å². The summed E-state index contributed by atoms with van der Waals surface area (Å²) in [6, 6.07) is 11.3. The van der Waals surface area contributed by atoms with Crippen molar-refractivity contribution >= 4 is 51.8 Å². The number of rotatable bonds is 9. The van der Waals surface area contributed by atoms with Gasteiger partial charge in [0, 0.05) is 54.2 Å². The van der Waals surface area contributed by atoms with Gasteiger partial charge >= 0.3 is 11.9 Å². The second-order valence-corrected chi connectivity index (χ2v) is 11.9. The fraction of sp³-hybridized carbons (Fsp3) is 0.281. The maximum atomic E-state index is 12.5. The van der Waals surface area contributed by atoms with E-state index < -0.39 is 67.1 Å². The molecule has 0 spiro atoms. The maximum Gasteiger partial charge on any atom is 0.364 e. The highest BCUT2D eigenvalue weighted by molar-refractivity contribution is 7.80. The summed E-state index contributed by atoms with van der Waals surface area (Å²) in [6.07, 6.45) is -7.95. The van der Waals surface area contributed by atoms with Gasteiger partial charge in [-0.05, 0) is 54.2 Å². The average molecular weight is 698 g/mol. The molecule has 0 aromatic heterocycles.